The van der Waals surface area contributed by atoms with Gasteiger partial charge in [0.1, 0.15) is 5.82 Å². The first-order valence-electron chi connectivity index (χ1n) is 5.41. The van der Waals surface area contributed by atoms with E-state index in [1.165, 1.54) is 0 Å². The highest BCUT2D eigenvalue weighted by molar-refractivity contribution is 6.01. The molecule has 3 nitrogen and oxygen atoms in total. The second-order valence-electron chi connectivity index (χ2n) is 4.01. The zero-order valence-electron chi connectivity index (χ0n) is 9.67. The molecule has 3 heteroatoms. The van der Waals surface area contributed by atoms with E-state index in [2.05, 4.69) is 24.1 Å². The zero-order chi connectivity index (χ0) is 11.3. The molecule has 1 heterocycles. The van der Waals surface area contributed by atoms with E-state index >= 15 is 0 Å². The minimum absolute atomic E-state index is 0.579. The molecule has 0 aliphatic rings. The van der Waals surface area contributed by atoms with Crippen LogP contribution in [0.2, 0.25) is 0 Å². The van der Waals surface area contributed by atoms with E-state index in [9.17, 15) is 0 Å². The molecule has 0 radical (unpaired) electrons. The summed E-state index contributed by atoms with van der Waals surface area (Å²) in [5.74, 6) is 1.41. The minimum atomic E-state index is 0.579. The molecule has 0 saturated carbocycles. The van der Waals surface area contributed by atoms with Crippen molar-refractivity contribution in [2.24, 2.45) is 5.92 Å². The van der Waals surface area contributed by atoms with Crippen LogP contribution in [0.25, 0.3) is 0 Å². The van der Waals surface area contributed by atoms with Gasteiger partial charge in [0.2, 0.25) is 0 Å². The predicted molar refractivity (Wildman–Crippen MR) is 64.7 cm³/mol. The Morgan fingerprint density at radius 3 is 2.87 bits per heavy atom. The summed E-state index contributed by atoms with van der Waals surface area (Å²) in [4.78, 5) is 4.27. The highest BCUT2D eigenvalue weighted by Gasteiger charge is 2.06. The average Bonchev–Trinajstić information content (AvgIpc) is 2.25. The number of anilines is 1. The molecule has 1 aromatic rings. The van der Waals surface area contributed by atoms with E-state index in [0.29, 0.717) is 11.6 Å². The number of pyridine rings is 1. The summed E-state index contributed by atoms with van der Waals surface area (Å²) in [5, 5.41) is 11.1. The van der Waals surface area contributed by atoms with E-state index in [-0.39, 0.29) is 0 Å². The van der Waals surface area contributed by atoms with Crippen LogP contribution in [0.5, 0.6) is 0 Å². The number of hydrogen-bond donors (Lipinski definition) is 2. The van der Waals surface area contributed by atoms with Crippen molar-refractivity contribution in [3.8, 4) is 0 Å². The van der Waals surface area contributed by atoms with Gasteiger partial charge in [-0.3, -0.25) is 0 Å². The van der Waals surface area contributed by atoms with Gasteiger partial charge >= 0.3 is 0 Å². The first-order chi connectivity index (χ1) is 7.15. The summed E-state index contributed by atoms with van der Waals surface area (Å²) >= 11 is 0. The number of aromatic nitrogens is 1. The van der Waals surface area contributed by atoms with Gasteiger partial charge < -0.3 is 10.7 Å². The second-order valence-corrected chi connectivity index (χ2v) is 4.01. The van der Waals surface area contributed by atoms with Gasteiger partial charge in [0, 0.05) is 24.0 Å². The first kappa shape index (κ1) is 11.7. The zero-order valence-corrected chi connectivity index (χ0v) is 9.67. The molecule has 0 unspecified atom stereocenters. The maximum absolute atomic E-state index is 7.83. The Morgan fingerprint density at radius 1 is 1.53 bits per heavy atom. The summed E-state index contributed by atoms with van der Waals surface area (Å²) < 4.78 is 0. The third-order valence-electron chi connectivity index (χ3n) is 2.16. The van der Waals surface area contributed by atoms with Gasteiger partial charge in [-0.05, 0) is 24.5 Å². The molecule has 0 aliphatic heterocycles. The van der Waals surface area contributed by atoms with Crippen LogP contribution in [0.3, 0.4) is 0 Å². The summed E-state index contributed by atoms with van der Waals surface area (Å²) in [7, 11) is 0. The maximum Gasteiger partial charge on any atom is 0.135 e. The Kier molecular flexibility index (Phi) is 4.28. The largest absolute Gasteiger partial charge is 0.369 e. The lowest BCUT2D eigenvalue weighted by atomic mass is 10.1. The van der Waals surface area contributed by atoms with Crippen LogP contribution in [-0.4, -0.2) is 17.2 Å². The lowest BCUT2D eigenvalue weighted by Gasteiger charge is -2.12. The van der Waals surface area contributed by atoms with Crippen LogP contribution in [0.1, 0.15) is 32.8 Å². The molecule has 0 aliphatic carbocycles. The monoisotopic (exact) mass is 205 g/mol. The number of rotatable bonds is 5. The second kappa shape index (κ2) is 5.49. The number of hydrogen-bond acceptors (Lipinski definition) is 3. The fourth-order valence-corrected chi connectivity index (χ4v) is 1.28. The van der Waals surface area contributed by atoms with E-state index in [1.54, 1.807) is 6.20 Å². The Hall–Kier alpha value is -1.38. The van der Waals surface area contributed by atoms with E-state index in [1.807, 2.05) is 19.1 Å². The highest BCUT2D eigenvalue weighted by Crippen LogP contribution is 2.13. The molecule has 0 amide bonds. The van der Waals surface area contributed by atoms with Crippen molar-refractivity contribution in [2.75, 3.05) is 11.9 Å². The molecule has 0 atom stereocenters. The topological polar surface area (TPSA) is 48.8 Å². The van der Waals surface area contributed by atoms with Gasteiger partial charge in [0.15, 0.2) is 0 Å². The third-order valence-corrected chi connectivity index (χ3v) is 2.16. The molecular formula is C12H19N3. The normalized spacial score (nSPS) is 10.4. The molecule has 15 heavy (non-hydrogen) atoms. The molecule has 0 bridgehead atoms. The van der Waals surface area contributed by atoms with Gasteiger partial charge in [-0.2, -0.15) is 0 Å². The molecule has 0 fully saturated rings. The van der Waals surface area contributed by atoms with Crippen molar-refractivity contribution in [1.82, 2.24) is 4.98 Å². The standard InChI is InChI=1S/C12H19N3/c1-4-11(13)10-6-5-7-14-12(10)15-8-9(2)3/h5-7,9,13H,4,8H2,1-3H3,(H,14,15). The summed E-state index contributed by atoms with van der Waals surface area (Å²) in [6.45, 7) is 7.18. The average molecular weight is 205 g/mol. The van der Waals surface area contributed by atoms with Crippen molar-refractivity contribution in [2.45, 2.75) is 27.2 Å². The van der Waals surface area contributed by atoms with Crippen molar-refractivity contribution in [3.05, 3.63) is 23.9 Å². The molecule has 1 rings (SSSR count). The number of nitrogens with zero attached hydrogens (tertiary/aromatic N) is 1. The SMILES string of the molecule is CCC(=N)c1cccnc1NCC(C)C. The Labute approximate surface area is 91.4 Å². The van der Waals surface area contributed by atoms with Gasteiger partial charge in [-0.15, -0.1) is 0 Å². The van der Waals surface area contributed by atoms with E-state index in [0.717, 1.165) is 24.3 Å². The third kappa shape index (κ3) is 3.35. The quantitative estimate of drug-likeness (QED) is 0.726. The first-order valence-corrected chi connectivity index (χ1v) is 5.41. The van der Waals surface area contributed by atoms with Crippen LogP contribution < -0.4 is 5.32 Å². The lowest BCUT2D eigenvalue weighted by molar-refractivity contribution is 0.687. The fourth-order valence-electron chi connectivity index (χ4n) is 1.28. The Balaban J connectivity index is 2.81. The molecule has 2 N–H and O–H groups in total. The molecule has 0 aromatic carbocycles. The lowest BCUT2D eigenvalue weighted by Crippen LogP contribution is -2.12. The van der Waals surface area contributed by atoms with Gasteiger partial charge in [0.25, 0.3) is 0 Å². The van der Waals surface area contributed by atoms with Crippen molar-refractivity contribution in [1.29, 1.82) is 5.41 Å². The van der Waals surface area contributed by atoms with Crippen molar-refractivity contribution >= 4 is 11.5 Å². The van der Waals surface area contributed by atoms with Crippen LogP contribution >= 0.6 is 0 Å². The van der Waals surface area contributed by atoms with E-state index in [4.69, 9.17) is 5.41 Å². The summed E-state index contributed by atoms with van der Waals surface area (Å²) in [6, 6.07) is 3.82. The van der Waals surface area contributed by atoms with Crippen LogP contribution in [-0.2, 0) is 0 Å². The van der Waals surface area contributed by atoms with Gasteiger partial charge in [-0.1, -0.05) is 20.8 Å². The van der Waals surface area contributed by atoms with Gasteiger partial charge in [0.05, 0.1) is 0 Å². The molecular weight excluding hydrogens is 186 g/mol. The Morgan fingerprint density at radius 2 is 2.27 bits per heavy atom. The maximum atomic E-state index is 7.83. The highest BCUT2D eigenvalue weighted by atomic mass is 15.0. The number of nitrogens with one attached hydrogen (secondary N) is 2. The summed E-state index contributed by atoms with van der Waals surface area (Å²) in [5.41, 5.74) is 1.55. The molecule has 1 aromatic heterocycles. The Bertz CT molecular complexity index is 331. The minimum Gasteiger partial charge on any atom is -0.369 e. The molecule has 82 valence electrons. The van der Waals surface area contributed by atoms with Gasteiger partial charge in [-0.25, -0.2) is 4.98 Å². The van der Waals surface area contributed by atoms with Crippen LogP contribution in [0.15, 0.2) is 18.3 Å². The molecule has 0 spiro atoms. The smallest absolute Gasteiger partial charge is 0.135 e. The predicted octanol–water partition coefficient (Wildman–Crippen LogP) is 2.93. The van der Waals surface area contributed by atoms with Crippen LogP contribution in [0.4, 0.5) is 5.82 Å². The fraction of sp³-hybridized carbons (Fsp3) is 0.500. The van der Waals surface area contributed by atoms with Crippen molar-refractivity contribution < 1.29 is 0 Å². The molecule has 0 saturated heterocycles. The van der Waals surface area contributed by atoms with E-state index < -0.39 is 0 Å². The van der Waals surface area contributed by atoms with Crippen molar-refractivity contribution in [3.63, 3.8) is 0 Å². The summed E-state index contributed by atoms with van der Waals surface area (Å²) in [6.07, 6.45) is 2.50. The van der Waals surface area contributed by atoms with Crippen LogP contribution in [0, 0.1) is 11.3 Å².